The summed E-state index contributed by atoms with van der Waals surface area (Å²) < 4.78 is 0. The van der Waals surface area contributed by atoms with E-state index in [2.05, 4.69) is 20.3 Å². The highest BCUT2D eigenvalue weighted by molar-refractivity contribution is 8.26. The molecule has 0 bridgehead atoms. The molecule has 0 aliphatic rings. The fraction of sp³-hybridized carbons (Fsp3) is 1.00. The van der Waals surface area contributed by atoms with Gasteiger partial charge in [-0.1, -0.05) is 13.6 Å². The Kier molecular flexibility index (Phi) is 4.72. The summed E-state index contributed by atoms with van der Waals surface area (Å²) in [6.07, 6.45) is 0.938. The lowest BCUT2D eigenvalue weighted by Gasteiger charge is -1.92. The van der Waals surface area contributed by atoms with E-state index in [1.807, 2.05) is 0 Å². The highest BCUT2D eigenvalue weighted by Crippen LogP contribution is 2.34. The van der Waals surface area contributed by atoms with Gasteiger partial charge in [-0.2, -0.15) is 0 Å². The molecular formula is C3H11BP2. The second-order valence-electron chi connectivity index (χ2n) is 1.55. The van der Waals surface area contributed by atoms with Gasteiger partial charge in [0, 0.05) is 0 Å². The molecule has 0 aromatic rings. The molecule has 0 heterocycles. The van der Waals surface area contributed by atoms with Gasteiger partial charge in [-0.3, -0.25) is 0 Å². The Bertz CT molecular complexity index is 30.0. The van der Waals surface area contributed by atoms with Crippen molar-refractivity contribution in [2.45, 2.75) is 13.6 Å². The molecule has 2 unspecified atom stereocenters. The summed E-state index contributed by atoms with van der Waals surface area (Å²) in [5.74, 6) is 0. The molecule has 36 valence electrons. The molecular weight excluding hydrogens is 109 g/mol. The fourth-order valence-corrected chi connectivity index (χ4v) is 2.60. The summed E-state index contributed by atoms with van der Waals surface area (Å²) in [5, 5.41) is 0. The maximum atomic E-state index is 2.27. The summed E-state index contributed by atoms with van der Waals surface area (Å²) in [5.41, 5.74) is 0. The van der Waals surface area contributed by atoms with E-state index in [9.17, 15) is 0 Å². The molecule has 0 nitrogen and oxygen atoms in total. The molecule has 0 saturated carbocycles. The highest BCUT2D eigenvalue weighted by Gasteiger charge is 1.91. The van der Waals surface area contributed by atoms with Crippen LogP contribution < -0.4 is 0 Å². The largest absolute Gasteiger partial charge is 0.165 e. The third-order valence-corrected chi connectivity index (χ3v) is 3.90. The number of hydrogen-bond donors (Lipinski definition) is 0. The minimum atomic E-state index is 0.938. The molecule has 0 aliphatic carbocycles. The van der Waals surface area contributed by atoms with E-state index in [1.54, 1.807) is 0 Å². The zero-order valence-electron chi connectivity index (χ0n) is 4.58. The molecule has 0 aromatic heterocycles. The van der Waals surface area contributed by atoms with Crippen molar-refractivity contribution < 1.29 is 0 Å². The van der Waals surface area contributed by atoms with Crippen LogP contribution in [0.5, 0.6) is 0 Å². The second-order valence-corrected chi connectivity index (χ2v) is 5.86. The van der Waals surface area contributed by atoms with Gasteiger partial charge in [-0.15, -0.1) is 16.4 Å². The monoisotopic (exact) mass is 120 g/mol. The molecule has 0 radical (unpaired) electrons. The summed E-state index contributed by atoms with van der Waals surface area (Å²) in [4.78, 5) is 0. The minimum Gasteiger partial charge on any atom is -0.134 e. The van der Waals surface area contributed by atoms with E-state index in [0.717, 1.165) is 6.43 Å². The van der Waals surface area contributed by atoms with Crippen LogP contribution in [-0.2, 0) is 0 Å². The molecule has 0 aliphatic heterocycles. The van der Waals surface area contributed by atoms with Gasteiger partial charge >= 0.3 is 0 Å². The van der Waals surface area contributed by atoms with Crippen LogP contribution >= 0.6 is 16.4 Å². The predicted octanol–water partition coefficient (Wildman–Crippen LogP) is 2.14. The normalized spacial score (nSPS) is 12.5. The molecule has 0 spiro atoms. The second kappa shape index (κ2) is 4.09. The van der Waals surface area contributed by atoms with E-state index in [4.69, 9.17) is 0 Å². The van der Waals surface area contributed by atoms with Crippen molar-refractivity contribution in [1.29, 1.82) is 0 Å². The quantitative estimate of drug-likeness (QED) is 0.386. The highest BCUT2D eigenvalue weighted by atomic mass is 32.0. The van der Waals surface area contributed by atoms with Gasteiger partial charge in [-0.05, 0) is 6.66 Å². The maximum absolute atomic E-state index is 2.27. The Labute approximate surface area is 44.0 Å². The first kappa shape index (κ1) is 6.92. The van der Waals surface area contributed by atoms with Gasteiger partial charge in [0.25, 0.3) is 0 Å². The van der Waals surface area contributed by atoms with Crippen LogP contribution in [0.4, 0.5) is 0 Å². The number of rotatable bonds is 2. The molecule has 0 rings (SSSR count). The molecule has 0 amide bonds. The summed E-state index contributed by atoms with van der Waals surface area (Å²) in [6.45, 7) is 6.81. The molecule has 0 saturated heterocycles. The molecule has 0 fully saturated rings. The van der Waals surface area contributed by atoms with Crippen LogP contribution in [0.1, 0.15) is 0 Å². The van der Waals surface area contributed by atoms with Crippen LogP contribution in [-0.4, -0.2) is 13.1 Å². The average molecular weight is 120 g/mol. The number of hydrogen-bond acceptors (Lipinski definition) is 0. The summed E-state index contributed by atoms with van der Waals surface area (Å²) >= 11 is 0. The van der Waals surface area contributed by atoms with Crippen molar-refractivity contribution in [3.8, 4) is 0 Å². The van der Waals surface area contributed by atoms with Gasteiger partial charge in [0.15, 0.2) is 6.43 Å². The zero-order chi connectivity index (χ0) is 4.99. The van der Waals surface area contributed by atoms with Crippen LogP contribution in [0.3, 0.4) is 0 Å². The Morgan fingerprint density at radius 1 is 1.33 bits per heavy atom. The summed E-state index contributed by atoms with van der Waals surface area (Å²) in [6, 6.07) is 0. The van der Waals surface area contributed by atoms with E-state index in [0.29, 0.717) is 0 Å². The molecule has 0 N–H and O–H groups in total. The van der Waals surface area contributed by atoms with Crippen LogP contribution in [0.2, 0.25) is 13.6 Å². The molecule has 3 heteroatoms. The van der Waals surface area contributed by atoms with Gasteiger partial charge in [0.1, 0.15) is 0 Å². The van der Waals surface area contributed by atoms with Crippen LogP contribution in [0.15, 0.2) is 0 Å². The fourth-order valence-electron chi connectivity index (χ4n) is 0.289. The Hall–Kier alpha value is 0.925. The van der Waals surface area contributed by atoms with Crippen molar-refractivity contribution in [2.24, 2.45) is 0 Å². The first-order valence-electron chi connectivity index (χ1n) is 2.19. The van der Waals surface area contributed by atoms with Crippen molar-refractivity contribution in [3.63, 3.8) is 0 Å². The van der Waals surface area contributed by atoms with Gasteiger partial charge in [-0.25, -0.2) is 0 Å². The lowest BCUT2D eigenvalue weighted by Crippen LogP contribution is -1.82. The van der Waals surface area contributed by atoms with E-state index in [1.165, 1.54) is 16.4 Å². The van der Waals surface area contributed by atoms with E-state index in [-0.39, 0.29) is 0 Å². The van der Waals surface area contributed by atoms with Gasteiger partial charge in [0.05, 0.1) is 0 Å². The van der Waals surface area contributed by atoms with Crippen molar-refractivity contribution in [1.82, 2.24) is 0 Å². The maximum Gasteiger partial charge on any atom is 0.165 e. The topological polar surface area (TPSA) is 0 Å². The summed E-state index contributed by atoms with van der Waals surface area (Å²) in [7, 11) is 2.36. The minimum absolute atomic E-state index is 0.938. The molecule has 2 atom stereocenters. The average Bonchev–Trinajstić information content (AvgIpc) is 1.35. The Morgan fingerprint density at radius 3 is 1.83 bits per heavy atom. The van der Waals surface area contributed by atoms with Crippen molar-refractivity contribution in [2.75, 3.05) is 6.66 Å². The SMILES string of the molecule is CPPB(C)C. The van der Waals surface area contributed by atoms with Gasteiger partial charge in [0.2, 0.25) is 0 Å². The smallest absolute Gasteiger partial charge is 0.134 e. The van der Waals surface area contributed by atoms with E-state index >= 15 is 0 Å². The molecule has 6 heavy (non-hydrogen) atoms. The Morgan fingerprint density at radius 2 is 1.83 bits per heavy atom. The first-order valence-corrected chi connectivity index (χ1v) is 5.77. The zero-order valence-corrected chi connectivity index (χ0v) is 6.58. The van der Waals surface area contributed by atoms with Crippen molar-refractivity contribution >= 4 is 22.8 Å². The van der Waals surface area contributed by atoms with Crippen molar-refractivity contribution in [3.05, 3.63) is 0 Å². The predicted molar refractivity (Wildman–Crippen MR) is 40.0 cm³/mol. The molecule has 0 aromatic carbocycles. The lowest BCUT2D eigenvalue weighted by molar-refractivity contribution is 2.11. The van der Waals surface area contributed by atoms with E-state index < -0.39 is 0 Å². The first-order chi connectivity index (χ1) is 2.77. The third kappa shape index (κ3) is 4.92. The van der Waals surface area contributed by atoms with Crippen LogP contribution in [0, 0.1) is 0 Å². The Balaban J connectivity index is 2.63. The van der Waals surface area contributed by atoms with Crippen LogP contribution in [0.25, 0.3) is 0 Å². The lowest BCUT2D eigenvalue weighted by atomic mass is 9.84. The third-order valence-electron chi connectivity index (χ3n) is 0.433. The standard InChI is InChI=1S/C3H11BP2/c1-4(2)6-5-3/h5-6H,1-3H3. The van der Waals surface area contributed by atoms with Gasteiger partial charge < -0.3 is 0 Å².